The van der Waals surface area contributed by atoms with Gasteiger partial charge in [0.25, 0.3) is 10.2 Å². The number of alkyl halides is 1. The lowest BCUT2D eigenvalue weighted by atomic mass is 9.97. The van der Waals surface area contributed by atoms with Gasteiger partial charge >= 0.3 is 0 Å². The van der Waals surface area contributed by atoms with Crippen molar-refractivity contribution in [3.05, 3.63) is 0 Å². The molecule has 2 rings (SSSR count). The highest BCUT2D eigenvalue weighted by Crippen LogP contribution is 2.24. The van der Waals surface area contributed by atoms with Gasteiger partial charge in [-0.3, -0.25) is 0 Å². The number of rotatable bonds is 4. The maximum atomic E-state index is 12.5. The lowest BCUT2D eigenvalue weighted by Gasteiger charge is -2.36. The predicted molar refractivity (Wildman–Crippen MR) is 74.0 cm³/mol. The molecule has 0 bridgehead atoms. The number of halogens is 1. The molecule has 5 nitrogen and oxygen atoms in total. The Balaban J connectivity index is 1.99. The number of hydrogen-bond donors (Lipinski definition) is 0. The lowest BCUT2D eigenvalue weighted by Crippen LogP contribution is -2.51. The van der Waals surface area contributed by atoms with Crippen molar-refractivity contribution in [1.82, 2.24) is 8.61 Å². The smallest absolute Gasteiger partial charge is 0.282 e. The molecule has 0 radical (unpaired) electrons. The van der Waals surface area contributed by atoms with Gasteiger partial charge in [-0.05, 0) is 25.2 Å². The molecule has 2 aliphatic rings. The minimum absolute atomic E-state index is 0.488. The second kappa shape index (κ2) is 6.65. The van der Waals surface area contributed by atoms with Crippen molar-refractivity contribution in [2.75, 3.05) is 44.7 Å². The average molecular weight is 341 g/mol. The average Bonchev–Trinajstić information content (AvgIpc) is 2.40. The summed E-state index contributed by atoms with van der Waals surface area (Å²) in [6.07, 6.45) is 3.16. The molecular formula is C11H21BrN2O3S. The molecule has 0 aromatic carbocycles. The van der Waals surface area contributed by atoms with E-state index in [0.717, 1.165) is 24.6 Å². The van der Waals surface area contributed by atoms with Gasteiger partial charge in [0.2, 0.25) is 0 Å². The zero-order valence-electron chi connectivity index (χ0n) is 10.6. The minimum atomic E-state index is -3.26. The molecule has 1 atom stereocenters. The first kappa shape index (κ1) is 14.7. The van der Waals surface area contributed by atoms with Crippen molar-refractivity contribution < 1.29 is 13.2 Å². The van der Waals surface area contributed by atoms with E-state index in [1.807, 2.05) is 0 Å². The molecular weight excluding hydrogens is 320 g/mol. The van der Waals surface area contributed by atoms with E-state index in [9.17, 15) is 8.42 Å². The Morgan fingerprint density at radius 1 is 1.17 bits per heavy atom. The van der Waals surface area contributed by atoms with E-state index in [4.69, 9.17) is 4.74 Å². The molecule has 0 N–H and O–H groups in total. The Hall–Kier alpha value is 0.310. The van der Waals surface area contributed by atoms with Gasteiger partial charge in [-0.2, -0.15) is 17.0 Å². The second-order valence-corrected chi connectivity index (χ2v) is 7.58. The molecule has 0 amide bonds. The SMILES string of the molecule is O=S(=O)(N1CCOCC1)N1CCCC(CCBr)C1. The van der Waals surface area contributed by atoms with Crippen LogP contribution in [-0.4, -0.2) is 61.8 Å². The van der Waals surface area contributed by atoms with E-state index in [0.29, 0.717) is 45.3 Å². The highest BCUT2D eigenvalue weighted by atomic mass is 79.9. The summed E-state index contributed by atoms with van der Waals surface area (Å²) in [5, 5.41) is 0.948. The molecule has 2 heterocycles. The van der Waals surface area contributed by atoms with Crippen LogP contribution in [0.1, 0.15) is 19.3 Å². The van der Waals surface area contributed by atoms with E-state index in [1.165, 1.54) is 0 Å². The zero-order valence-corrected chi connectivity index (χ0v) is 13.0. The van der Waals surface area contributed by atoms with Gasteiger partial charge in [0.1, 0.15) is 0 Å². The van der Waals surface area contributed by atoms with Gasteiger partial charge in [0.15, 0.2) is 0 Å². The molecule has 7 heteroatoms. The molecule has 1 unspecified atom stereocenters. The van der Waals surface area contributed by atoms with Crippen LogP contribution in [-0.2, 0) is 14.9 Å². The molecule has 0 saturated carbocycles. The van der Waals surface area contributed by atoms with Gasteiger partial charge in [0, 0.05) is 31.5 Å². The Bertz CT molecular complexity index is 355. The van der Waals surface area contributed by atoms with Crippen LogP contribution in [0.15, 0.2) is 0 Å². The summed E-state index contributed by atoms with van der Waals surface area (Å²) >= 11 is 3.44. The Labute approximate surface area is 118 Å². The summed E-state index contributed by atoms with van der Waals surface area (Å²) in [5.41, 5.74) is 0. The summed E-state index contributed by atoms with van der Waals surface area (Å²) in [7, 11) is -3.26. The minimum Gasteiger partial charge on any atom is -0.379 e. The maximum Gasteiger partial charge on any atom is 0.282 e. The summed E-state index contributed by atoms with van der Waals surface area (Å²) in [6.45, 7) is 3.34. The summed E-state index contributed by atoms with van der Waals surface area (Å²) < 4.78 is 33.4. The lowest BCUT2D eigenvalue weighted by molar-refractivity contribution is 0.0690. The van der Waals surface area contributed by atoms with Crippen LogP contribution in [0.25, 0.3) is 0 Å². The first-order valence-electron chi connectivity index (χ1n) is 6.53. The highest BCUT2D eigenvalue weighted by Gasteiger charge is 2.34. The van der Waals surface area contributed by atoms with Crippen molar-refractivity contribution in [2.45, 2.75) is 19.3 Å². The van der Waals surface area contributed by atoms with Crippen LogP contribution in [0.2, 0.25) is 0 Å². The summed E-state index contributed by atoms with van der Waals surface area (Å²) in [4.78, 5) is 0. The third kappa shape index (κ3) is 3.45. The fraction of sp³-hybridized carbons (Fsp3) is 1.00. The molecule has 0 aromatic heterocycles. The quantitative estimate of drug-likeness (QED) is 0.719. The standard InChI is InChI=1S/C11H21BrN2O3S/c12-4-3-11-2-1-5-14(10-11)18(15,16)13-6-8-17-9-7-13/h11H,1-10H2. The van der Waals surface area contributed by atoms with Crippen molar-refractivity contribution in [3.63, 3.8) is 0 Å². The monoisotopic (exact) mass is 340 g/mol. The number of nitrogens with zero attached hydrogens (tertiary/aromatic N) is 2. The van der Waals surface area contributed by atoms with Crippen LogP contribution in [0.5, 0.6) is 0 Å². The molecule has 2 aliphatic heterocycles. The van der Waals surface area contributed by atoms with Gasteiger partial charge in [-0.1, -0.05) is 15.9 Å². The second-order valence-electron chi connectivity index (χ2n) is 4.86. The van der Waals surface area contributed by atoms with E-state index >= 15 is 0 Å². The predicted octanol–water partition coefficient (Wildman–Crippen LogP) is 1.06. The Kier molecular flexibility index (Phi) is 5.44. The molecule has 0 spiro atoms. The van der Waals surface area contributed by atoms with E-state index < -0.39 is 10.2 Å². The van der Waals surface area contributed by atoms with Crippen molar-refractivity contribution >= 4 is 26.1 Å². The zero-order chi connectivity index (χ0) is 13.0. The van der Waals surface area contributed by atoms with Crippen molar-refractivity contribution in [3.8, 4) is 0 Å². The van der Waals surface area contributed by atoms with Crippen LogP contribution in [0, 0.1) is 5.92 Å². The maximum absolute atomic E-state index is 12.5. The Morgan fingerprint density at radius 2 is 1.89 bits per heavy atom. The summed E-state index contributed by atoms with van der Waals surface area (Å²) in [6, 6.07) is 0. The number of morpholine rings is 1. The van der Waals surface area contributed by atoms with E-state index in [2.05, 4.69) is 15.9 Å². The van der Waals surface area contributed by atoms with E-state index in [-0.39, 0.29) is 0 Å². The topological polar surface area (TPSA) is 49.9 Å². The number of piperidine rings is 1. The van der Waals surface area contributed by atoms with Gasteiger partial charge in [-0.15, -0.1) is 0 Å². The van der Waals surface area contributed by atoms with Gasteiger partial charge in [-0.25, -0.2) is 0 Å². The van der Waals surface area contributed by atoms with Crippen molar-refractivity contribution in [1.29, 1.82) is 0 Å². The third-order valence-electron chi connectivity index (χ3n) is 3.62. The molecule has 0 aromatic rings. The Morgan fingerprint density at radius 3 is 2.56 bits per heavy atom. The van der Waals surface area contributed by atoms with Gasteiger partial charge in [0.05, 0.1) is 13.2 Å². The fourth-order valence-electron chi connectivity index (χ4n) is 2.57. The molecule has 2 fully saturated rings. The molecule has 18 heavy (non-hydrogen) atoms. The first-order chi connectivity index (χ1) is 8.64. The van der Waals surface area contributed by atoms with E-state index in [1.54, 1.807) is 8.61 Å². The molecule has 2 saturated heterocycles. The van der Waals surface area contributed by atoms with Gasteiger partial charge < -0.3 is 4.74 Å². The first-order valence-corrected chi connectivity index (χ1v) is 9.05. The van der Waals surface area contributed by atoms with Crippen molar-refractivity contribution in [2.24, 2.45) is 5.92 Å². The van der Waals surface area contributed by atoms with Crippen LogP contribution >= 0.6 is 15.9 Å². The number of ether oxygens (including phenoxy) is 1. The summed E-state index contributed by atoms with van der Waals surface area (Å²) in [5.74, 6) is 0.494. The molecule has 106 valence electrons. The van der Waals surface area contributed by atoms with Crippen LogP contribution in [0.4, 0.5) is 0 Å². The third-order valence-corrected chi connectivity index (χ3v) is 6.08. The van der Waals surface area contributed by atoms with Crippen LogP contribution < -0.4 is 0 Å². The number of hydrogen-bond acceptors (Lipinski definition) is 3. The van der Waals surface area contributed by atoms with Crippen LogP contribution in [0.3, 0.4) is 0 Å². The highest BCUT2D eigenvalue weighted by molar-refractivity contribution is 9.09. The fourth-order valence-corrected chi connectivity index (χ4v) is 4.91. The molecule has 0 aliphatic carbocycles. The largest absolute Gasteiger partial charge is 0.379 e. The normalized spacial score (nSPS) is 28.4.